The van der Waals surface area contributed by atoms with E-state index >= 15 is 0 Å². The van der Waals surface area contributed by atoms with Crippen LogP contribution in [0.2, 0.25) is 0 Å². The highest BCUT2D eigenvalue weighted by Crippen LogP contribution is 2.56. The van der Waals surface area contributed by atoms with Crippen molar-refractivity contribution in [3.05, 3.63) is 82.6 Å². The second kappa shape index (κ2) is 12.4. The number of unbranched alkanes of at least 4 members (excludes halogenated alkanes) is 2. The predicted octanol–water partition coefficient (Wildman–Crippen LogP) is 6.26. The topological polar surface area (TPSA) is 152 Å². The Labute approximate surface area is 282 Å². The lowest BCUT2D eigenvalue weighted by molar-refractivity contribution is -0.443. The summed E-state index contributed by atoms with van der Waals surface area (Å²) in [5, 5.41) is 9.09. The van der Waals surface area contributed by atoms with Crippen LogP contribution in [0, 0.1) is 0 Å². The van der Waals surface area contributed by atoms with Crippen LogP contribution in [0.25, 0.3) is 0 Å². The summed E-state index contributed by atoms with van der Waals surface area (Å²) in [5.74, 6) is -0.843. The maximum absolute atomic E-state index is 12.7. The Hall–Kier alpha value is -3.58. The monoisotopic (exact) mass is 695 g/mol. The van der Waals surface area contributed by atoms with Crippen molar-refractivity contribution in [1.29, 1.82) is 0 Å². The van der Waals surface area contributed by atoms with Crippen LogP contribution in [0.4, 0.5) is 11.4 Å². The minimum absolute atomic E-state index is 0.0602. The zero-order chi connectivity index (χ0) is 34.6. The summed E-state index contributed by atoms with van der Waals surface area (Å²) < 4.78 is 72.5. The summed E-state index contributed by atoms with van der Waals surface area (Å²) in [4.78, 5) is 13.1. The molecule has 48 heavy (non-hydrogen) atoms. The molecule has 256 valence electrons. The first-order chi connectivity index (χ1) is 22.6. The Morgan fingerprint density at radius 3 is 2.23 bits per heavy atom. The van der Waals surface area contributed by atoms with E-state index in [2.05, 4.69) is 9.48 Å². The molecule has 0 bridgehead atoms. The van der Waals surface area contributed by atoms with Gasteiger partial charge in [0.2, 0.25) is 5.69 Å². The molecule has 1 atom stereocenters. The molecule has 0 aromatic heterocycles. The van der Waals surface area contributed by atoms with Gasteiger partial charge in [0.05, 0.1) is 11.0 Å². The van der Waals surface area contributed by atoms with Crippen molar-refractivity contribution in [3.8, 4) is 0 Å². The Kier molecular flexibility index (Phi) is 8.85. The molecule has 0 saturated heterocycles. The molecular formula is C36H43N2O8S2+. The standard InChI is InChI=1S/C36H42N2O8S2/c1-35(2)28(37-22-10-12-24-17-19-26(47(41,42)43)31(35)33(24)37)14-6-4-7-15-29-36(3,21-9-5-8-16-30(39)40)32-27(48(44,45)46)20-18-25-13-11-23-38(29)34(25)32/h4,6-7,14-15,17-20H,5,8-13,16,21-23H2,1-3H3,(H2-,39,40,41,42,43,44,45,46)/p+1. The van der Waals surface area contributed by atoms with E-state index in [-0.39, 0.29) is 16.2 Å². The maximum atomic E-state index is 12.7. The number of carbonyl (C=O) groups is 1. The summed E-state index contributed by atoms with van der Waals surface area (Å²) in [6, 6.07) is 6.61. The minimum atomic E-state index is -4.51. The van der Waals surface area contributed by atoms with Crippen LogP contribution >= 0.6 is 0 Å². The molecule has 10 nitrogen and oxygen atoms in total. The van der Waals surface area contributed by atoms with Crippen LogP contribution < -0.4 is 4.90 Å². The van der Waals surface area contributed by atoms with Crippen molar-refractivity contribution in [1.82, 2.24) is 0 Å². The third kappa shape index (κ3) is 5.86. The van der Waals surface area contributed by atoms with Gasteiger partial charge in [-0.1, -0.05) is 43.2 Å². The van der Waals surface area contributed by atoms with E-state index in [4.69, 9.17) is 5.11 Å². The normalized spacial score (nSPS) is 22.3. The zero-order valence-corrected chi connectivity index (χ0v) is 29.2. The molecule has 0 saturated carbocycles. The Morgan fingerprint density at radius 1 is 0.875 bits per heavy atom. The largest absolute Gasteiger partial charge is 0.481 e. The first-order valence-corrected chi connectivity index (χ1v) is 19.4. The number of aryl methyl sites for hydroxylation is 2. The van der Waals surface area contributed by atoms with Gasteiger partial charge in [0.15, 0.2) is 5.71 Å². The van der Waals surface area contributed by atoms with Crippen molar-refractivity contribution in [2.45, 2.75) is 99.2 Å². The first-order valence-electron chi connectivity index (χ1n) is 16.5. The predicted molar refractivity (Wildman–Crippen MR) is 184 cm³/mol. The third-order valence-electron chi connectivity index (χ3n) is 10.5. The van der Waals surface area contributed by atoms with Crippen molar-refractivity contribution >= 4 is 43.3 Å². The Morgan fingerprint density at radius 2 is 1.54 bits per heavy atom. The highest BCUT2D eigenvalue weighted by atomic mass is 32.2. The van der Waals surface area contributed by atoms with Crippen molar-refractivity contribution < 1.29 is 40.4 Å². The van der Waals surface area contributed by atoms with Crippen molar-refractivity contribution in [2.75, 3.05) is 18.0 Å². The van der Waals surface area contributed by atoms with Crippen molar-refractivity contribution in [3.63, 3.8) is 0 Å². The van der Waals surface area contributed by atoms with E-state index < -0.39 is 37.0 Å². The van der Waals surface area contributed by atoms with Crippen LogP contribution in [-0.4, -0.2) is 60.4 Å². The van der Waals surface area contributed by atoms with Crippen LogP contribution in [0.1, 0.15) is 88.0 Å². The molecule has 0 amide bonds. The van der Waals surface area contributed by atoms with Gasteiger partial charge in [0.25, 0.3) is 20.2 Å². The summed E-state index contributed by atoms with van der Waals surface area (Å²) in [6.07, 6.45) is 15.7. The van der Waals surface area contributed by atoms with Gasteiger partial charge in [-0.3, -0.25) is 13.9 Å². The van der Waals surface area contributed by atoms with Gasteiger partial charge < -0.3 is 10.0 Å². The smallest absolute Gasteiger partial charge is 0.303 e. The number of anilines is 1. The molecule has 0 fully saturated rings. The van der Waals surface area contributed by atoms with Gasteiger partial charge in [-0.05, 0) is 76.6 Å². The number of carboxylic acids is 1. The molecule has 3 N–H and O–H groups in total. The molecule has 4 heterocycles. The number of carboxylic acid groups (broad SMARTS) is 1. The highest BCUT2D eigenvalue weighted by Gasteiger charge is 2.50. The Balaban J connectivity index is 1.36. The second-order valence-electron chi connectivity index (χ2n) is 13.9. The van der Waals surface area contributed by atoms with Crippen LogP contribution in [0.15, 0.2) is 70.1 Å². The molecule has 4 aliphatic rings. The minimum Gasteiger partial charge on any atom is -0.481 e. The lowest BCUT2D eigenvalue weighted by Gasteiger charge is -2.32. The van der Waals surface area contributed by atoms with E-state index in [1.165, 1.54) is 12.1 Å². The van der Waals surface area contributed by atoms with E-state index in [0.717, 1.165) is 66.1 Å². The summed E-state index contributed by atoms with van der Waals surface area (Å²) in [5.41, 5.74) is 5.48. The summed E-state index contributed by atoms with van der Waals surface area (Å²) in [6.45, 7) is 7.40. The average Bonchev–Trinajstić information content (AvgIpc) is 3.38. The molecule has 6 rings (SSSR count). The fraction of sp³-hybridized carbons (Fsp3) is 0.444. The van der Waals surface area contributed by atoms with Gasteiger partial charge in [-0.25, -0.2) is 0 Å². The van der Waals surface area contributed by atoms with E-state index in [1.807, 2.05) is 51.2 Å². The number of hydrogen-bond donors (Lipinski definition) is 3. The number of benzene rings is 2. The quantitative estimate of drug-likeness (QED) is 0.107. The number of hydrogen-bond acceptors (Lipinski definition) is 6. The number of allylic oxidation sites excluding steroid dienone is 6. The lowest BCUT2D eigenvalue weighted by Crippen LogP contribution is -2.31. The number of rotatable bonds is 11. The fourth-order valence-electron chi connectivity index (χ4n) is 8.39. The maximum Gasteiger partial charge on any atom is 0.303 e. The Bertz CT molecular complexity index is 2040. The molecular weight excluding hydrogens is 653 g/mol. The second-order valence-corrected chi connectivity index (χ2v) is 16.7. The molecule has 2 aromatic carbocycles. The molecule has 12 heteroatoms. The van der Waals surface area contributed by atoms with Gasteiger partial charge in [-0.2, -0.15) is 21.4 Å². The van der Waals surface area contributed by atoms with E-state index in [1.54, 1.807) is 12.1 Å². The molecule has 0 aliphatic carbocycles. The molecule has 0 radical (unpaired) electrons. The summed E-state index contributed by atoms with van der Waals surface area (Å²) in [7, 11) is -8.93. The molecule has 4 aliphatic heterocycles. The van der Waals surface area contributed by atoms with Crippen molar-refractivity contribution in [2.24, 2.45) is 0 Å². The lowest BCUT2D eigenvalue weighted by atomic mass is 9.76. The fourth-order valence-corrected chi connectivity index (χ4v) is 10.1. The van der Waals surface area contributed by atoms with Gasteiger partial charge in [0.1, 0.15) is 16.3 Å². The molecule has 1 unspecified atom stereocenters. The first kappa shape index (κ1) is 34.3. The number of aliphatic carboxylic acids is 1. The molecule has 2 aromatic rings. The van der Waals surface area contributed by atoms with Gasteiger partial charge in [0, 0.05) is 53.4 Å². The van der Waals surface area contributed by atoms with Gasteiger partial charge in [-0.15, -0.1) is 0 Å². The van der Waals surface area contributed by atoms with E-state index in [0.29, 0.717) is 43.4 Å². The van der Waals surface area contributed by atoms with Gasteiger partial charge >= 0.3 is 5.97 Å². The average molecular weight is 696 g/mol. The van der Waals surface area contributed by atoms with Crippen LogP contribution in [-0.2, 0) is 48.7 Å². The van der Waals surface area contributed by atoms with E-state index in [9.17, 15) is 30.7 Å². The third-order valence-corrected chi connectivity index (χ3v) is 12.3. The van der Waals surface area contributed by atoms with Crippen LogP contribution in [0.3, 0.4) is 0 Å². The molecule has 0 spiro atoms. The zero-order valence-electron chi connectivity index (χ0n) is 27.6. The highest BCUT2D eigenvalue weighted by molar-refractivity contribution is 7.86. The SMILES string of the molecule is CC1(C)C(C=CC=CC=C2N3CCCc4ccc(S(=O)(=O)O)c(c43)C2(C)CCCCCC(=O)O)=[N+]2CCCc3ccc(S(=O)(=O)O)c1c32. The number of nitrogens with zero attached hydrogens (tertiary/aromatic N) is 2. The van der Waals surface area contributed by atoms with Crippen LogP contribution in [0.5, 0.6) is 0 Å². The summed E-state index contributed by atoms with van der Waals surface area (Å²) >= 11 is 0.